The van der Waals surface area contributed by atoms with E-state index in [0.717, 1.165) is 36.1 Å². The summed E-state index contributed by atoms with van der Waals surface area (Å²) in [6, 6.07) is 0. The van der Waals surface area contributed by atoms with E-state index in [0.29, 0.717) is 22.9 Å². The number of hydrogen-bond donors (Lipinski definition) is 1. The van der Waals surface area contributed by atoms with Gasteiger partial charge in [0, 0.05) is 11.1 Å². The summed E-state index contributed by atoms with van der Waals surface area (Å²) in [5.41, 5.74) is 1.50. The van der Waals surface area contributed by atoms with Gasteiger partial charge in [0.25, 0.3) is 0 Å². The lowest BCUT2D eigenvalue weighted by Crippen LogP contribution is -2.36. The van der Waals surface area contributed by atoms with E-state index in [9.17, 15) is 14.4 Å². The van der Waals surface area contributed by atoms with Crippen molar-refractivity contribution < 1.29 is 19.1 Å². The fourth-order valence-corrected chi connectivity index (χ4v) is 4.87. The Morgan fingerprint density at radius 2 is 2.12 bits per heavy atom. The number of rotatable bonds is 5. The first kappa shape index (κ1) is 18.0. The van der Waals surface area contributed by atoms with Gasteiger partial charge in [0.15, 0.2) is 0 Å². The molecule has 1 aliphatic carbocycles. The second-order valence-corrected chi connectivity index (χ2v) is 7.80. The number of ether oxygens (including phenoxy) is 1. The number of esters is 1. The highest BCUT2D eigenvalue weighted by Crippen LogP contribution is 2.38. The number of thiophene rings is 1. The predicted octanol–water partition coefficient (Wildman–Crippen LogP) is 2.79. The summed E-state index contributed by atoms with van der Waals surface area (Å²) in [7, 11) is 0. The highest BCUT2D eigenvalue weighted by molar-refractivity contribution is 8.02. The molecule has 2 heterocycles. The maximum absolute atomic E-state index is 12.4. The molecule has 0 bridgehead atoms. The third kappa shape index (κ3) is 4.07. The molecule has 1 aromatic heterocycles. The molecular weight excluding hydrogens is 360 g/mol. The monoisotopic (exact) mass is 380 g/mol. The van der Waals surface area contributed by atoms with E-state index in [4.69, 9.17) is 4.74 Å². The van der Waals surface area contributed by atoms with Gasteiger partial charge in [-0.2, -0.15) is 0 Å². The van der Waals surface area contributed by atoms with Crippen molar-refractivity contribution in [3.05, 3.63) is 27.6 Å². The van der Waals surface area contributed by atoms with Crippen molar-refractivity contribution in [1.29, 1.82) is 0 Å². The van der Waals surface area contributed by atoms with Crippen LogP contribution in [0.2, 0.25) is 0 Å². The predicted molar refractivity (Wildman–Crippen MR) is 98.9 cm³/mol. The average molecular weight is 380 g/mol. The molecule has 0 saturated heterocycles. The number of carbonyl (C=O) groups excluding carboxylic acids is 3. The molecule has 0 atom stereocenters. The SMILES string of the molecule is CCOC(=O)c1c(NC(=O)CN2C=CSCC2=O)sc2c1CCCC2. The molecule has 0 aromatic carbocycles. The zero-order valence-electron chi connectivity index (χ0n) is 14.0. The number of hydrogen-bond acceptors (Lipinski definition) is 6. The normalized spacial score (nSPS) is 16.5. The third-order valence-electron chi connectivity index (χ3n) is 4.08. The number of amides is 2. The molecule has 134 valence electrons. The van der Waals surface area contributed by atoms with Gasteiger partial charge in [-0.15, -0.1) is 23.1 Å². The molecule has 0 spiro atoms. The van der Waals surface area contributed by atoms with Crippen LogP contribution in [-0.2, 0) is 27.2 Å². The van der Waals surface area contributed by atoms with Crippen molar-refractivity contribution >= 4 is 45.9 Å². The molecule has 3 rings (SSSR count). The van der Waals surface area contributed by atoms with E-state index >= 15 is 0 Å². The maximum Gasteiger partial charge on any atom is 0.341 e. The smallest absolute Gasteiger partial charge is 0.341 e. The highest BCUT2D eigenvalue weighted by atomic mass is 32.2. The van der Waals surface area contributed by atoms with Crippen LogP contribution in [0.1, 0.15) is 40.6 Å². The van der Waals surface area contributed by atoms with Crippen LogP contribution in [0.3, 0.4) is 0 Å². The summed E-state index contributed by atoms with van der Waals surface area (Å²) in [5, 5.41) is 5.15. The Balaban J connectivity index is 1.79. The second kappa shape index (κ2) is 8.05. The Morgan fingerprint density at radius 1 is 1.32 bits per heavy atom. The molecule has 25 heavy (non-hydrogen) atoms. The fourth-order valence-electron chi connectivity index (χ4n) is 2.94. The summed E-state index contributed by atoms with van der Waals surface area (Å²) >= 11 is 2.85. The number of fused-ring (bicyclic) bond motifs is 1. The lowest BCUT2D eigenvalue weighted by molar-refractivity contribution is -0.129. The molecule has 8 heteroatoms. The van der Waals surface area contributed by atoms with Crippen molar-refractivity contribution in [2.45, 2.75) is 32.6 Å². The summed E-state index contributed by atoms with van der Waals surface area (Å²) < 4.78 is 5.18. The van der Waals surface area contributed by atoms with E-state index in [2.05, 4.69) is 5.32 Å². The van der Waals surface area contributed by atoms with Crippen LogP contribution in [0.5, 0.6) is 0 Å². The number of aryl methyl sites for hydroxylation is 1. The van der Waals surface area contributed by atoms with E-state index in [1.165, 1.54) is 28.0 Å². The number of nitrogens with one attached hydrogen (secondary N) is 1. The highest BCUT2D eigenvalue weighted by Gasteiger charge is 2.27. The molecular formula is C17H20N2O4S2. The van der Waals surface area contributed by atoms with Gasteiger partial charge in [-0.25, -0.2) is 4.79 Å². The van der Waals surface area contributed by atoms with Crippen LogP contribution in [0.25, 0.3) is 0 Å². The summed E-state index contributed by atoms with van der Waals surface area (Å²) in [6.07, 6.45) is 5.50. The van der Waals surface area contributed by atoms with Gasteiger partial charge in [0.1, 0.15) is 11.5 Å². The lowest BCUT2D eigenvalue weighted by atomic mass is 9.95. The second-order valence-electron chi connectivity index (χ2n) is 5.80. The number of thioether (sulfide) groups is 1. The average Bonchev–Trinajstić information content (AvgIpc) is 2.95. The summed E-state index contributed by atoms with van der Waals surface area (Å²) in [5.74, 6) is -0.458. The van der Waals surface area contributed by atoms with Crippen molar-refractivity contribution in [1.82, 2.24) is 4.90 Å². The van der Waals surface area contributed by atoms with Gasteiger partial charge in [0.2, 0.25) is 11.8 Å². The van der Waals surface area contributed by atoms with E-state index in [-0.39, 0.29) is 24.3 Å². The van der Waals surface area contributed by atoms with Crippen LogP contribution in [0.4, 0.5) is 5.00 Å². The number of carbonyl (C=O) groups is 3. The van der Waals surface area contributed by atoms with Gasteiger partial charge in [-0.3, -0.25) is 9.59 Å². The summed E-state index contributed by atoms with van der Waals surface area (Å²) in [6.45, 7) is 2.00. The Hall–Kier alpha value is -1.80. The Labute approximate surface area is 154 Å². The maximum atomic E-state index is 12.4. The van der Waals surface area contributed by atoms with Crippen LogP contribution < -0.4 is 5.32 Å². The molecule has 0 saturated carbocycles. The molecule has 1 aromatic rings. The fraction of sp³-hybridized carbons (Fsp3) is 0.471. The minimum atomic E-state index is -0.387. The van der Waals surface area contributed by atoms with Gasteiger partial charge >= 0.3 is 5.97 Å². The van der Waals surface area contributed by atoms with Crippen LogP contribution >= 0.6 is 23.1 Å². The zero-order valence-corrected chi connectivity index (χ0v) is 15.6. The first-order valence-corrected chi connectivity index (χ1v) is 10.2. The topological polar surface area (TPSA) is 75.7 Å². The minimum Gasteiger partial charge on any atom is -0.462 e. The van der Waals surface area contributed by atoms with E-state index in [1.54, 1.807) is 18.5 Å². The Kier molecular flexibility index (Phi) is 5.80. The van der Waals surface area contributed by atoms with Gasteiger partial charge in [-0.05, 0) is 43.6 Å². The van der Waals surface area contributed by atoms with Gasteiger partial charge < -0.3 is 15.0 Å². The molecule has 0 unspecified atom stereocenters. The zero-order chi connectivity index (χ0) is 17.8. The minimum absolute atomic E-state index is 0.0548. The van der Waals surface area contributed by atoms with E-state index < -0.39 is 0 Å². The molecule has 2 aliphatic rings. The lowest BCUT2D eigenvalue weighted by Gasteiger charge is -2.20. The van der Waals surface area contributed by atoms with Crippen molar-refractivity contribution in [2.24, 2.45) is 0 Å². The largest absolute Gasteiger partial charge is 0.462 e. The van der Waals surface area contributed by atoms with Gasteiger partial charge in [-0.1, -0.05) is 0 Å². The molecule has 2 amide bonds. The molecule has 6 nitrogen and oxygen atoms in total. The van der Waals surface area contributed by atoms with Crippen LogP contribution in [-0.4, -0.2) is 41.6 Å². The molecule has 0 fully saturated rings. The van der Waals surface area contributed by atoms with Gasteiger partial charge in [0.05, 0.1) is 17.9 Å². The van der Waals surface area contributed by atoms with E-state index in [1.807, 2.05) is 0 Å². The number of nitrogens with zero attached hydrogens (tertiary/aromatic N) is 1. The summed E-state index contributed by atoms with van der Waals surface area (Å²) in [4.78, 5) is 39.1. The van der Waals surface area contributed by atoms with Crippen molar-refractivity contribution in [2.75, 3.05) is 24.2 Å². The number of anilines is 1. The standard InChI is InChI=1S/C17H20N2O4S2/c1-2-23-17(22)15-11-5-3-4-6-12(11)25-16(15)18-13(20)9-19-7-8-24-10-14(19)21/h7-8H,2-6,9-10H2,1H3,(H,18,20). The van der Waals surface area contributed by atoms with Crippen LogP contribution in [0.15, 0.2) is 11.6 Å². The molecule has 1 aliphatic heterocycles. The van der Waals surface area contributed by atoms with Crippen molar-refractivity contribution in [3.63, 3.8) is 0 Å². The first-order chi connectivity index (χ1) is 12.1. The Morgan fingerprint density at radius 3 is 2.88 bits per heavy atom. The third-order valence-corrected chi connectivity index (χ3v) is 6.02. The molecule has 0 radical (unpaired) electrons. The molecule has 1 N–H and O–H groups in total. The van der Waals surface area contributed by atoms with Crippen LogP contribution in [0, 0.1) is 0 Å². The van der Waals surface area contributed by atoms with Crippen molar-refractivity contribution in [3.8, 4) is 0 Å². The first-order valence-electron chi connectivity index (χ1n) is 8.29. The Bertz CT molecular complexity index is 726. The quantitative estimate of drug-likeness (QED) is 0.795.